The van der Waals surface area contributed by atoms with Crippen LogP contribution in [0.4, 0.5) is 0 Å². The van der Waals surface area contributed by atoms with Gasteiger partial charge in [-0.25, -0.2) is 0 Å². The van der Waals surface area contributed by atoms with Crippen LogP contribution >= 0.6 is 0 Å². The molecule has 0 bridgehead atoms. The fraction of sp³-hybridized carbons (Fsp3) is 0.400. The molecular weight excluding hydrogens is 272 g/mol. The van der Waals surface area contributed by atoms with Gasteiger partial charge in [0.05, 0.1) is 6.61 Å². The van der Waals surface area contributed by atoms with Gasteiger partial charge in [-0.2, -0.15) is 0 Å². The van der Waals surface area contributed by atoms with Crippen molar-refractivity contribution in [2.45, 2.75) is 46.8 Å². The van der Waals surface area contributed by atoms with Crippen LogP contribution in [0, 0.1) is 0 Å². The Morgan fingerprint density at radius 3 is 2.27 bits per heavy atom. The first-order chi connectivity index (χ1) is 10.8. The Morgan fingerprint density at radius 1 is 1.14 bits per heavy atom. The maximum atomic E-state index is 6.09. The highest BCUT2D eigenvalue weighted by Gasteiger charge is 2.36. The average Bonchev–Trinajstić information content (AvgIpc) is 3.39. The predicted molar refractivity (Wildman–Crippen MR) is 96.8 cm³/mol. The minimum Gasteiger partial charge on any atom is -0.483 e. The summed E-state index contributed by atoms with van der Waals surface area (Å²) in [5, 5.41) is 0. The summed E-state index contributed by atoms with van der Waals surface area (Å²) in [5.41, 5.74) is 1.11. The summed E-state index contributed by atoms with van der Waals surface area (Å²) in [5.74, 6) is 0.821. The zero-order valence-electron chi connectivity index (χ0n) is 14.6. The summed E-state index contributed by atoms with van der Waals surface area (Å²) in [7, 11) is 0. The van der Waals surface area contributed by atoms with Crippen molar-refractivity contribution in [3.63, 3.8) is 0 Å². The van der Waals surface area contributed by atoms with Gasteiger partial charge >= 0.3 is 0 Å². The number of hydrogen-bond donors (Lipinski definition) is 0. The third-order valence-electron chi connectivity index (χ3n) is 2.81. The van der Waals surface area contributed by atoms with E-state index in [1.165, 1.54) is 0 Å². The molecule has 1 aliphatic heterocycles. The zero-order valence-corrected chi connectivity index (χ0v) is 14.6. The van der Waals surface area contributed by atoms with E-state index < -0.39 is 0 Å². The smallest absolute Gasteiger partial charge is 0.152 e. The van der Waals surface area contributed by atoms with E-state index in [9.17, 15) is 0 Å². The first kappa shape index (κ1) is 20.2. The highest BCUT2D eigenvalue weighted by atomic mass is 16.6. The monoisotopic (exact) mass is 302 g/mol. The van der Waals surface area contributed by atoms with Crippen molar-refractivity contribution in [3.8, 4) is 0 Å². The predicted octanol–water partition coefficient (Wildman–Crippen LogP) is 5.52. The average molecular weight is 302 g/mol. The molecule has 122 valence electrons. The van der Waals surface area contributed by atoms with Crippen molar-refractivity contribution in [1.29, 1.82) is 0 Å². The van der Waals surface area contributed by atoms with E-state index >= 15 is 0 Å². The lowest BCUT2D eigenvalue weighted by Gasteiger charge is -2.19. The molecule has 0 saturated carbocycles. The van der Waals surface area contributed by atoms with Gasteiger partial charge in [-0.3, -0.25) is 0 Å². The number of rotatable bonds is 8. The lowest BCUT2D eigenvalue weighted by atomic mass is 10.1. The summed E-state index contributed by atoms with van der Waals surface area (Å²) in [6.45, 7) is 14.4. The van der Waals surface area contributed by atoms with Crippen molar-refractivity contribution in [2.75, 3.05) is 6.61 Å². The SMILES string of the molecule is C=C/C=C\C(=C/C)O[C@@H](C(/C=C\C)=C/C=C\C)[C@H]1CO1.CC. The summed E-state index contributed by atoms with van der Waals surface area (Å²) in [6, 6.07) is 0. The van der Waals surface area contributed by atoms with Gasteiger partial charge in [-0.1, -0.05) is 63.0 Å². The molecule has 0 aliphatic carbocycles. The van der Waals surface area contributed by atoms with Gasteiger partial charge in [-0.15, -0.1) is 0 Å². The van der Waals surface area contributed by atoms with Crippen molar-refractivity contribution in [3.05, 3.63) is 72.6 Å². The second-order valence-electron chi connectivity index (χ2n) is 4.39. The van der Waals surface area contributed by atoms with Crippen molar-refractivity contribution < 1.29 is 9.47 Å². The molecule has 22 heavy (non-hydrogen) atoms. The molecule has 2 heteroatoms. The number of ether oxygens (including phenoxy) is 2. The second kappa shape index (κ2) is 12.9. The molecule has 0 spiro atoms. The first-order valence-electron chi connectivity index (χ1n) is 7.96. The van der Waals surface area contributed by atoms with Crippen molar-refractivity contribution in [2.24, 2.45) is 0 Å². The van der Waals surface area contributed by atoms with Gasteiger partial charge in [0.1, 0.15) is 11.9 Å². The highest BCUT2D eigenvalue weighted by molar-refractivity contribution is 5.31. The van der Waals surface area contributed by atoms with Crippen LogP contribution in [0.15, 0.2) is 72.6 Å². The van der Waals surface area contributed by atoms with Crippen LogP contribution in [0.5, 0.6) is 0 Å². The van der Waals surface area contributed by atoms with E-state index in [0.29, 0.717) is 0 Å². The first-order valence-corrected chi connectivity index (χ1v) is 7.96. The molecule has 0 aromatic carbocycles. The molecule has 2 atom stereocenters. The fourth-order valence-electron chi connectivity index (χ4n) is 1.75. The number of hydrogen-bond acceptors (Lipinski definition) is 2. The third kappa shape index (κ3) is 7.84. The van der Waals surface area contributed by atoms with Crippen LogP contribution in [0.3, 0.4) is 0 Å². The molecule has 0 N–H and O–H groups in total. The van der Waals surface area contributed by atoms with Crippen LogP contribution in [0.2, 0.25) is 0 Å². The fourth-order valence-corrected chi connectivity index (χ4v) is 1.75. The maximum absolute atomic E-state index is 6.09. The Hall–Kier alpha value is -1.80. The van der Waals surface area contributed by atoms with E-state index in [0.717, 1.165) is 17.9 Å². The lowest BCUT2D eigenvalue weighted by Crippen LogP contribution is -2.21. The van der Waals surface area contributed by atoms with E-state index in [-0.39, 0.29) is 12.2 Å². The van der Waals surface area contributed by atoms with Crippen LogP contribution in [-0.4, -0.2) is 18.8 Å². The Bertz CT molecular complexity index is 446. The Labute approximate surface area is 136 Å². The quantitative estimate of drug-likeness (QED) is 0.334. The lowest BCUT2D eigenvalue weighted by molar-refractivity contribution is 0.126. The Kier molecular flexibility index (Phi) is 11.8. The molecule has 0 unspecified atom stereocenters. The molecule has 0 radical (unpaired) electrons. The summed E-state index contributed by atoms with van der Waals surface area (Å²) < 4.78 is 11.5. The standard InChI is InChI=1S/C18H24O2.C2H6/c1-5-9-12-15(11-7-3)18(17-14-19-17)20-16(8-4)13-10-6-2;1-2/h5-13,17-18H,2,14H2,1,3-4H3;1-2H3/b9-5-,11-7-,13-10-,15-12+,16-8+;/t17-,18+;/m1./s1. The molecule has 0 aromatic heterocycles. The van der Waals surface area contributed by atoms with Crippen LogP contribution < -0.4 is 0 Å². The largest absolute Gasteiger partial charge is 0.483 e. The topological polar surface area (TPSA) is 21.8 Å². The van der Waals surface area contributed by atoms with Crippen LogP contribution in [0.25, 0.3) is 0 Å². The molecular formula is C20H30O2. The Morgan fingerprint density at radius 2 is 1.82 bits per heavy atom. The molecule has 0 amide bonds. The van der Waals surface area contributed by atoms with E-state index in [2.05, 4.69) is 18.7 Å². The maximum Gasteiger partial charge on any atom is 0.152 e. The molecule has 1 rings (SSSR count). The van der Waals surface area contributed by atoms with Crippen molar-refractivity contribution in [1.82, 2.24) is 0 Å². The van der Waals surface area contributed by atoms with Gasteiger partial charge in [0.2, 0.25) is 0 Å². The van der Waals surface area contributed by atoms with E-state index in [4.69, 9.17) is 9.47 Å². The van der Waals surface area contributed by atoms with Crippen molar-refractivity contribution >= 4 is 0 Å². The number of epoxide rings is 1. The van der Waals surface area contributed by atoms with Gasteiger partial charge in [0, 0.05) is 0 Å². The van der Waals surface area contributed by atoms with Gasteiger partial charge in [0.25, 0.3) is 0 Å². The summed E-state index contributed by atoms with van der Waals surface area (Å²) >= 11 is 0. The molecule has 1 aliphatic rings. The van der Waals surface area contributed by atoms with Crippen LogP contribution in [0.1, 0.15) is 34.6 Å². The third-order valence-corrected chi connectivity index (χ3v) is 2.81. The van der Waals surface area contributed by atoms with E-state index in [1.807, 2.05) is 71.1 Å². The molecule has 2 nitrogen and oxygen atoms in total. The normalized spacial score (nSPS) is 20.1. The van der Waals surface area contributed by atoms with E-state index in [1.54, 1.807) is 6.08 Å². The van der Waals surface area contributed by atoms with Gasteiger partial charge in [0.15, 0.2) is 6.10 Å². The minimum atomic E-state index is -0.0805. The number of allylic oxidation sites excluding steroid dienone is 8. The highest BCUT2D eigenvalue weighted by Crippen LogP contribution is 2.26. The minimum absolute atomic E-state index is 0.0805. The zero-order chi connectivity index (χ0) is 16.8. The van der Waals surface area contributed by atoms with Crippen LogP contribution in [-0.2, 0) is 9.47 Å². The molecule has 1 fully saturated rings. The Balaban J connectivity index is 0.00000211. The van der Waals surface area contributed by atoms with Gasteiger partial charge < -0.3 is 9.47 Å². The molecule has 1 heterocycles. The second-order valence-corrected chi connectivity index (χ2v) is 4.39. The summed E-state index contributed by atoms with van der Waals surface area (Å²) in [4.78, 5) is 0. The molecule has 0 aromatic rings. The summed E-state index contributed by atoms with van der Waals surface area (Å²) in [6.07, 6.45) is 17.7. The molecule has 1 saturated heterocycles. The van der Waals surface area contributed by atoms with Gasteiger partial charge in [-0.05, 0) is 38.5 Å².